The lowest BCUT2D eigenvalue weighted by Crippen LogP contribution is -2.31. The fourth-order valence-electron chi connectivity index (χ4n) is 4.40. The fourth-order valence-corrected chi connectivity index (χ4v) is 4.40. The van der Waals surface area contributed by atoms with E-state index in [2.05, 4.69) is 39.1 Å². The number of benzene rings is 2. The number of carbonyl (C=O) groups excluding carboxylic acids is 1. The van der Waals surface area contributed by atoms with Crippen LogP contribution in [-0.2, 0) is 11.2 Å². The lowest BCUT2D eigenvalue weighted by atomic mass is 9.90. The second kappa shape index (κ2) is 10.8. The third kappa shape index (κ3) is 5.95. The van der Waals surface area contributed by atoms with E-state index in [1.807, 2.05) is 12.1 Å². The van der Waals surface area contributed by atoms with Crippen LogP contribution in [0.1, 0.15) is 18.4 Å². The first-order valence-corrected chi connectivity index (χ1v) is 12.2. The van der Waals surface area contributed by atoms with Gasteiger partial charge in [0.15, 0.2) is 0 Å². The molecule has 1 saturated heterocycles. The van der Waals surface area contributed by atoms with Crippen LogP contribution in [0.3, 0.4) is 0 Å². The number of likely N-dealkylation sites (tertiary alicyclic amines) is 1. The van der Waals surface area contributed by atoms with Gasteiger partial charge in [-0.15, -0.1) is 0 Å². The van der Waals surface area contributed by atoms with Gasteiger partial charge in [-0.05, 0) is 81.2 Å². The quantitative estimate of drug-likeness (QED) is 0.290. The van der Waals surface area contributed by atoms with Crippen molar-refractivity contribution in [2.24, 2.45) is 5.92 Å². The van der Waals surface area contributed by atoms with E-state index in [4.69, 9.17) is 9.15 Å². The Morgan fingerprint density at radius 3 is 2.81 bits per heavy atom. The number of rotatable bonds is 8. The summed E-state index contributed by atoms with van der Waals surface area (Å²) in [4.78, 5) is 22.9. The SMILES string of the molecule is C=CC(=O)Nc1cccc(Oc2nc(Nc3ccc(CC4CCN(C)CC4)c(F)c3)nc3ccoc23)c1. The summed E-state index contributed by atoms with van der Waals surface area (Å²) in [5, 5.41) is 5.76. The molecule has 9 heteroatoms. The number of carbonyl (C=O) groups is 1. The number of nitrogens with zero attached hydrogens (tertiary/aromatic N) is 3. The monoisotopic (exact) mass is 501 g/mol. The summed E-state index contributed by atoms with van der Waals surface area (Å²) >= 11 is 0. The van der Waals surface area contributed by atoms with Gasteiger partial charge in [-0.2, -0.15) is 4.98 Å². The number of amides is 1. The highest BCUT2D eigenvalue weighted by atomic mass is 19.1. The smallest absolute Gasteiger partial charge is 0.268 e. The highest BCUT2D eigenvalue weighted by Gasteiger charge is 2.19. The van der Waals surface area contributed by atoms with Crippen molar-refractivity contribution in [3.05, 3.63) is 78.8 Å². The van der Waals surface area contributed by atoms with Crippen LogP contribution in [0.5, 0.6) is 11.6 Å². The van der Waals surface area contributed by atoms with Crippen molar-refractivity contribution in [1.82, 2.24) is 14.9 Å². The van der Waals surface area contributed by atoms with Crippen molar-refractivity contribution in [3.8, 4) is 11.6 Å². The summed E-state index contributed by atoms with van der Waals surface area (Å²) in [6, 6.07) is 13.7. The number of fused-ring (bicyclic) bond motifs is 1. The van der Waals surface area contributed by atoms with E-state index < -0.39 is 0 Å². The van der Waals surface area contributed by atoms with Crippen LogP contribution >= 0.6 is 0 Å². The number of aromatic nitrogens is 2. The summed E-state index contributed by atoms with van der Waals surface area (Å²) < 4.78 is 26.4. The largest absolute Gasteiger partial charge is 0.457 e. The molecule has 3 heterocycles. The number of furan rings is 1. The Bertz CT molecular complexity index is 1430. The van der Waals surface area contributed by atoms with E-state index in [-0.39, 0.29) is 23.6 Å². The van der Waals surface area contributed by atoms with Gasteiger partial charge in [-0.25, -0.2) is 9.37 Å². The third-order valence-corrected chi connectivity index (χ3v) is 6.43. The van der Waals surface area contributed by atoms with Gasteiger partial charge in [0.05, 0.1) is 6.26 Å². The van der Waals surface area contributed by atoms with Gasteiger partial charge in [0.25, 0.3) is 5.88 Å². The predicted molar refractivity (Wildman–Crippen MR) is 141 cm³/mol. The fraction of sp³-hybridized carbons (Fsp3) is 0.250. The molecule has 0 radical (unpaired) electrons. The van der Waals surface area contributed by atoms with Crippen LogP contribution in [0.4, 0.5) is 21.7 Å². The van der Waals surface area contributed by atoms with Gasteiger partial charge >= 0.3 is 0 Å². The first-order chi connectivity index (χ1) is 18.0. The highest BCUT2D eigenvalue weighted by Crippen LogP contribution is 2.31. The Kier molecular flexibility index (Phi) is 7.14. The first kappa shape index (κ1) is 24.5. The van der Waals surface area contributed by atoms with Crippen molar-refractivity contribution in [1.29, 1.82) is 0 Å². The van der Waals surface area contributed by atoms with Gasteiger partial charge in [0.2, 0.25) is 17.4 Å². The van der Waals surface area contributed by atoms with Gasteiger partial charge in [-0.1, -0.05) is 18.7 Å². The molecule has 0 atom stereocenters. The van der Waals surface area contributed by atoms with Gasteiger partial charge in [-0.3, -0.25) is 4.79 Å². The average molecular weight is 502 g/mol. The van der Waals surface area contributed by atoms with Crippen LogP contribution in [0.15, 0.2) is 71.9 Å². The van der Waals surface area contributed by atoms with Gasteiger partial charge in [0.1, 0.15) is 17.1 Å². The Balaban J connectivity index is 1.33. The highest BCUT2D eigenvalue weighted by molar-refractivity contribution is 5.99. The van der Waals surface area contributed by atoms with E-state index in [1.165, 1.54) is 18.4 Å². The van der Waals surface area contributed by atoms with Crippen LogP contribution in [0.25, 0.3) is 11.1 Å². The lowest BCUT2D eigenvalue weighted by Gasteiger charge is -2.29. The molecule has 0 saturated carbocycles. The number of halogens is 1. The molecule has 190 valence electrons. The molecule has 0 spiro atoms. The Labute approximate surface area is 214 Å². The van der Waals surface area contributed by atoms with Crippen molar-refractivity contribution in [3.63, 3.8) is 0 Å². The maximum atomic E-state index is 14.9. The molecular weight excluding hydrogens is 473 g/mol. The molecule has 5 rings (SSSR count). The van der Waals surface area contributed by atoms with Crippen molar-refractivity contribution >= 4 is 34.3 Å². The predicted octanol–water partition coefficient (Wildman–Crippen LogP) is 5.91. The van der Waals surface area contributed by atoms with Crippen LogP contribution in [0.2, 0.25) is 0 Å². The molecule has 2 aromatic carbocycles. The summed E-state index contributed by atoms with van der Waals surface area (Å²) in [6.07, 6.45) is 5.59. The summed E-state index contributed by atoms with van der Waals surface area (Å²) in [5.74, 6) is 0.784. The Hall–Kier alpha value is -4.24. The molecular formula is C28H28FN5O3. The van der Waals surface area contributed by atoms with E-state index in [0.29, 0.717) is 34.1 Å². The maximum Gasteiger partial charge on any atom is 0.268 e. The summed E-state index contributed by atoms with van der Waals surface area (Å²) in [7, 11) is 2.12. The Morgan fingerprint density at radius 2 is 2.03 bits per heavy atom. The first-order valence-electron chi connectivity index (χ1n) is 12.2. The molecule has 1 aliphatic heterocycles. The minimum atomic E-state index is -0.330. The minimum absolute atomic E-state index is 0.184. The number of ether oxygens (including phenoxy) is 1. The van der Waals surface area contributed by atoms with Gasteiger partial charge in [0, 0.05) is 23.5 Å². The second-order valence-corrected chi connectivity index (χ2v) is 9.19. The molecule has 4 aromatic rings. The standard InChI is InChI=1S/C28H28FN5O3/c1-3-25(35)30-20-5-4-6-22(16-20)37-27-26-24(11-14-36-26)32-28(33-27)31-21-8-7-19(23(29)17-21)15-18-9-12-34(2)13-10-18/h3-8,11,14,16-18H,1,9-10,12-13,15H2,2H3,(H,30,35)(H,31,32,33). The van der Waals surface area contributed by atoms with E-state index >= 15 is 0 Å². The topological polar surface area (TPSA) is 92.5 Å². The summed E-state index contributed by atoms with van der Waals surface area (Å²) in [6.45, 7) is 5.56. The van der Waals surface area contributed by atoms with Crippen molar-refractivity contribution in [2.45, 2.75) is 19.3 Å². The zero-order chi connectivity index (χ0) is 25.8. The maximum absolute atomic E-state index is 14.9. The number of hydrogen-bond acceptors (Lipinski definition) is 7. The Morgan fingerprint density at radius 1 is 1.19 bits per heavy atom. The van der Waals surface area contributed by atoms with Crippen LogP contribution in [0, 0.1) is 11.7 Å². The molecule has 2 N–H and O–H groups in total. The molecule has 2 aromatic heterocycles. The normalized spacial score (nSPS) is 14.4. The number of nitrogens with one attached hydrogen (secondary N) is 2. The lowest BCUT2D eigenvalue weighted by molar-refractivity contribution is -0.111. The molecule has 1 aliphatic rings. The molecule has 1 fully saturated rings. The number of hydrogen-bond donors (Lipinski definition) is 2. The molecule has 0 aliphatic carbocycles. The molecule has 0 unspecified atom stereocenters. The number of anilines is 3. The molecule has 8 nitrogen and oxygen atoms in total. The van der Waals surface area contributed by atoms with E-state index in [1.54, 1.807) is 30.3 Å². The molecule has 1 amide bonds. The molecule has 0 bridgehead atoms. The van der Waals surface area contributed by atoms with Crippen LogP contribution in [-0.4, -0.2) is 40.9 Å². The summed E-state index contributed by atoms with van der Waals surface area (Å²) in [5.41, 5.74) is 2.70. The average Bonchev–Trinajstić information content (AvgIpc) is 3.36. The zero-order valence-corrected chi connectivity index (χ0v) is 20.5. The van der Waals surface area contributed by atoms with Crippen molar-refractivity contribution < 1.29 is 18.3 Å². The van der Waals surface area contributed by atoms with E-state index in [0.717, 1.165) is 37.9 Å². The second-order valence-electron chi connectivity index (χ2n) is 9.19. The van der Waals surface area contributed by atoms with E-state index in [9.17, 15) is 9.18 Å². The zero-order valence-electron chi connectivity index (χ0n) is 20.5. The van der Waals surface area contributed by atoms with Crippen LogP contribution < -0.4 is 15.4 Å². The number of piperidine rings is 1. The molecule has 37 heavy (non-hydrogen) atoms. The third-order valence-electron chi connectivity index (χ3n) is 6.43. The minimum Gasteiger partial charge on any atom is -0.457 e. The van der Waals surface area contributed by atoms with Gasteiger partial charge < -0.3 is 24.7 Å². The van der Waals surface area contributed by atoms with Crippen molar-refractivity contribution in [2.75, 3.05) is 30.8 Å².